The van der Waals surface area contributed by atoms with Crippen molar-refractivity contribution in [2.75, 3.05) is 0 Å². The Morgan fingerprint density at radius 2 is 2.50 bits per heavy atom. The maximum atomic E-state index is 11.7. The van der Waals surface area contributed by atoms with Gasteiger partial charge in [-0.25, -0.2) is 4.98 Å². The van der Waals surface area contributed by atoms with Gasteiger partial charge in [-0.1, -0.05) is 5.16 Å². The van der Waals surface area contributed by atoms with E-state index in [1.54, 1.807) is 6.92 Å². The van der Waals surface area contributed by atoms with Gasteiger partial charge < -0.3 is 16.3 Å². The molecule has 0 aliphatic heterocycles. The number of aromatic nitrogens is 1. The number of amidine groups is 1. The molecule has 1 rings (SSSR count). The maximum absolute atomic E-state index is 11.7. The molecular formula is C9H14N4O2S. The second-order valence-corrected chi connectivity index (χ2v) is 4.65. The van der Waals surface area contributed by atoms with E-state index in [4.69, 9.17) is 10.9 Å². The van der Waals surface area contributed by atoms with E-state index in [1.807, 2.05) is 6.92 Å². The zero-order valence-electron chi connectivity index (χ0n) is 9.10. The summed E-state index contributed by atoms with van der Waals surface area (Å²) in [6.45, 7) is 3.62. The summed E-state index contributed by atoms with van der Waals surface area (Å²) in [7, 11) is 0. The fraction of sp³-hybridized carbons (Fsp3) is 0.444. The first-order valence-electron chi connectivity index (χ1n) is 4.72. The van der Waals surface area contributed by atoms with Crippen LogP contribution >= 0.6 is 11.3 Å². The van der Waals surface area contributed by atoms with Crippen LogP contribution in [-0.2, 0) is 0 Å². The van der Waals surface area contributed by atoms with Crippen LogP contribution in [0.2, 0.25) is 0 Å². The van der Waals surface area contributed by atoms with Crippen molar-refractivity contribution >= 4 is 23.1 Å². The van der Waals surface area contributed by atoms with Crippen molar-refractivity contribution in [1.82, 2.24) is 10.3 Å². The van der Waals surface area contributed by atoms with Crippen LogP contribution < -0.4 is 11.1 Å². The maximum Gasteiger partial charge on any atom is 0.263 e. The fourth-order valence-electron chi connectivity index (χ4n) is 1.17. The third-order valence-corrected chi connectivity index (χ3v) is 2.78. The molecule has 6 nitrogen and oxygen atoms in total. The molecule has 1 aromatic heterocycles. The monoisotopic (exact) mass is 242 g/mol. The molecule has 1 unspecified atom stereocenters. The highest BCUT2D eigenvalue weighted by molar-refractivity contribution is 7.13. The number of oxime groups is 1. The summed E-state index contributed by atoms with van der Waals surface area (Å²) in [6, 6.07) is -0.189. The van der Waals surface area contributed by atoms with E-state index < -0.39 is 0 Å². The van der Waals surface area contributed by atoms with Crippen molar-refractivity contribution in [3.63, 3.8) is 0 Å². The lowest BCUT2D eigenvalue weighted by Gasteiger charge is -2.11. The Morgan fingerprint density at radius 3 is 3.00 bits per heavy atom. The molecule has 0 saturated heterocycles. The van der Waals surface area contributed by atoms with Crippen LogP contribution in [0.3, 0.4) is 0 Å². The van der Waals surface area contributed by atoms with Gasteiger partial charge in [-0.05, 0) is 13.8 Å². The van der Waals surface area contributed by atoms with Gasteiger partial charge in [0.25, 0.3) is 5.91 Å². The van der Waals surface area contributed by atoms with Gasteiger partial charge in [-0.3, -0.25) is 4.79 Å². The Labute approximate surface area is 97.2 Å². The number of rotatable bonds is 4. The van der Waals surface area contributed by atoms with Gasteiger partial charge in [0.2, 0.25) is 0 Å². The summed E-state index contributed by atoms with van der Waals surface area (Å²) in [5.74, 6) is -0.0999. The minimum atomic E-state index is -0.191. The van der Waals surface area contributed by atoms with Crippen molar-refractivity contribution in [2.24, 2.45) is 10.9 Å². The molecule has 0 radical (unpaired) electrons. The molecule has 7 heteroatoms. The summed E-state index contributed by atoms with van der Waals surface area (Å²) >= 11 is 1.33. The van der Waals surface area contributed by atoms with E-state index in [0.717, 1.165) is 5.01 Å². The molecule has 1 amide bonds. The topological polar surface area (TPSA) is 101 Å². The highest BCUT2D eigenvalue weighted by Crippen LogP contribution is 2.11. The number of hydrogen-bond acceptors (Lipinski definition) is 5. The van der Waals surface area contributed by atoms with E-state index in [1.165, 1.54) is 17.5 Å². The molecule has 1 heterocycles. The molecule has 0 saturated carbocycles. The normalized spacial score (nSPS) is 13.5. The van der Waals surface area contributed by atoms with Crippen LogP contribution in [0.4, 0.5) is 0 Å². The first kappa shape index (κ1) is 12.4. The third kappa shape index (κ3) is 3.50. The molecule has 0 spiro atoms. The molecule has 4 N–H and O–H groups in total. The van der Waals surface area contributed by atoms with Crippen molar-refractivity contribution < 1.29 is 10.0 Å². The lowest BCUT2D eigenvalue weighted by Crippen LogP contribution is -2.35. The Hall–Kier alpha value is -1.63. The Balaban J connectivity index is 2.52. The molecule has 0 aromatic carbocycles. The van der Waals surface area contributed by atoms with E-state index in [-0.39, 0.29) is 17.8 Å². The Bertz CT molecular complexity index is 402. The highest BCUT2D eigenvalue weighted by Gasteiger charge is 2.13. The van der Waals surface area contributed by atoms with Gasteiger partial charge in [0.15, 0.2) is 0 Å². The van der Waals surface area contributed by atoms with Crippen LogP contribution in [0.5, 0.6) is 0 Å². The van der Waals surface area contributed by atoms with Crippen LogP contribution in [0.15, 0.2) is 11.4 Å². The molecule has 0 aliphatic carbocycles. The zero-order valence-corrected chi connectivity index (χ0v) is 9.91. The summed E-state index contributed by atoms with van der Waals surface area (Å²) < 4.78 is 0. The van der Waals surface area contributed by atoms with Gasteiger partial charge in [-0.15, -0.1) is 11.3 Å². The summed E-state index contributed by atoms with van der Waals surface area (Å²) in [4.78, 5) is 16.2. The number of nitrogens with one attached hydrogen (secondary N) is 1. The largest absolute Gasteiger partial charge is 0.409 e. The summed E-state index contributed by atoms with van der Waals surface area (Å²) in [6.07, 6.45) is 1.84. The molecule has 88 valence electrons. The lowest BCUT2D eigenvalue weighted by molar-refractivity contribution is 0.0945. The number of nitrogens with two attached hydrogens (primary N) is 1. The average Bonchev–Trinajstić information content (AvgIpc) is 2.64. The Kier molecular flexibility index (Phi) is 4.24. The van der Waals surface area contributed by atoms with Crippen molar-refractivity contribution in [2.45, 2.75) is 26.3 Å². The van der Waals surface area contributed by atoms with Gasteiger partial charge in [0.1, 0.15) is 10.7 Å². The van der Waals surface area contributed by atoms with Crippen LogP contribution in [0, 0.1) is 6.92 Å². The van der Waals surface area contributed by atoms with Crippen LogP contribution in [0.1, 0.15) is 28.0 Å². The molecule has 1 aromatic rings. The van der Waals surface area contributed by atoms with Crippen molar-refractivity contribution in [3.8, 4) is 0 Å². The van der Waals surface area contributed by atoms with Crippen LogP contribution in [-0.4, -0.2) is 28.0 Å². The first-order valence-corrected chi connectivity index (χ1v) is 5.54. The molecule has 0 fully saturated rings. The van der Waals surface area contributed by atoms with Gasteiger partial charge in [0.05, 0.1) is 11.2 Å². The average molecular weight is 242 g/mol. The number of hydrogen-bond donors (Lipinski definition) is 3. The minimum Gasteiger partial charge on any atom is -0.409 e. The number of thiazole rings is 1. The molecule has 16 heavy (non-hydrogen) atoms. The number of aryl methyl sites for hydroxylation is 1. The van der Waals surface area contributed by atoms with E-state index in [2.05, 4.69) is 15.5 Å². The molecule has 1 atom stereocenters. The van der Waals surface area contributed by atoms with E-state index in [9.17, 15) is 4.79 Å². The number of carbonyl (C=O) groups excluding carboxylic acids is 1. The van der Waals surface area contributed by atoms with Crippen molar-refractivity contribution in [1.29, 1.82) is 0 Å². The predicted molar refractivity (Wildman–Crippen MR) is 61.8 cm³/mol. The first-order chi connectivity index (χ1) is 7.52. The molecule has 0 aliphatic rings. The summed E-state index contributed by atoms with van der Waals surface area (Å²) in [5.41, 5.74) is 5.33. The molecule has 0 bridgehead atoms. The van der Waals surface area contributed by atoms with E-state index >= 15 is 0 Å². The van der Waals surface area contributed by atoms with Gasteiger partial charge in [-0.2, -0.15) is 0 Å². The summed E-state index contributed by atoms with van der Waals surface area (Å²) in [5, 5.41) is 14.8. The van der Waals surface area contributed by atoms with E-state index in [0.29, 0.717) is 11.3 Å². The standard InChI is InChI=1S/C9H14N4O2S/c1-5(3-8(10)13-15)12-9(14)7-4-11-6(2)16-7/h4-5,15H,3H2,1-2H3,(H2,10,13)(H,12,14). The zero-order chi connectivity index (χ0) is 12.1. The quantitative estimate of drug-likeness (QED) is 0.313. The van der Waals surface area contributed by atoms with Crippen molar-refractivity contribution in [3.05, 3.63) is 16.1 Å². The Morgan fingerprint density at radius 1 is 1.81 bits per heavy atom. The SMILES string of the molecule is Cc1ncc(C(=O)NC(C)CC(N)=NO)s1. The van der Waals surface area contributed by atoms with Crippen LogP contribution in [0.25, 0.3) is 0 Å². The number of amides is 1. The smallest absolute Gasteiger partial charge is 0.263 e. The number of nitrogens with zero attached hydrogens (tertiary/aromatic N) is 2. The minimum absolute atomic E-state index is 0.0910. The third-order valence-electron chi connectivity index (χ3n) is 1.87. The second-order valence-electron chi connectivity index (χ2n) is 3.41. The molecular weight excluding hydrogens is 228 g/mol. The predicted octanol–water partition coefficient (Wildman–Crippen LogP) is 0.706. The second kappa shape index (κ2) is 5.45. The number of carbonyl (C=O) groups is 1. The fourth-order valence-corrected chi connectivity index (χ4v) is 1.85. The highest BCUT2D eigenvalue weighted by atomic mass is 32.1. The lowest BCUT2D eigenvalue weighted by atomic mass is 10.2. The van der Waals surface area contributed by atoms with Gasteiger partial charge >= 0.3 is 0 Å². The van der Waals surface area contributed by atoms with Gasteiger partial charge in [0, 0.05) is 12.5 Å².